The maximum absolute atomic E-state index is 13.0. The highest BCUT2D eigenvalue weighted by Crippen LogP contribution is 2.45. The van der Waals surface area contributed by atoms with E-state index in [1.54, 1.807) is 12.3 Å². The van der Waals surface area contributed by atoms with Crippen LogP contribution in [0.3, 0.4) is 0 Å². The highest BCUT2D eigenvalue weighted by Gasteiger charge is 2.41. The number of rotatable bonds is 10. The summed E-state index contributed by atoms with van der Waals surface area (Å²) in [5.74, 6) is 2.75. The van der Waals surface area contributed by atoms with Gasteiger partial charge >= 0.3 is 0 Å². The van der Waals surface area contributed by atoms with E-state index in [4.69, 9.17) is 4.98 Å². The first kappa shape index (κ1) is 24.3. The number of amides is 1. The van der Waals surface area contributed by atoms with Crippen LogP contribution < -0.4 is 10.2 Å². The Morgan fingerprint density at radius 3 is 2.78 bits per heavy atom. The molecule has 0 aromatic carbocycles. The van der Waals surface area contributed by atoms with Gasteiger partial charge in [0, 0.05) is 38.2 Å². The first-order valence-electron chi connectivity index (χ1n) is 13.5. The van der Waals surface area contributed by atoms with E-state index in [-0.39, 0.29) is 6.04 Å². The van der Waals surface area contributed by atoms with Gasteiger partial charge in [-0.25, -0.2) is 9.97 Å². The Balaban J connectivity index is 1.39. The van der Waals surface area contributed by atoms with Crippen LogP contribution in [0.25, 0.3) is 6.08 Å². The van der Waals surface area contributed by atoms with E-state index in [9.17, 15) is 10.1 Å². The molecule has 3 aliphatic rings. The lowest BCUT2D eigenvalue weighted by Gasteiger charge is -2.42. The van der Waals surface area contributed by atoms with Crippen molar-refractivity contribution >= 4 is 29.3 Å². The van der Waals surface area contributed by atoms with Crippen LogP contribution in [-0.4, -0.2) is 46.5 Å². The Hall–Kier alpha value is -3.40. The molecule has 2 saturated carbocycles. The predicted molar refractivity (Wildman–Crippen MR) is 143 cm³/mol. The average molecular weight is 485 g/mol. The van der Waals surface area contributed by atoms with E-state index in [1.165, 1.54) is 12.8 Å². The largest absolute Gasteiger partial charge is 0.352 e. The Kier molecular flexibility index (Phi) is 7.22. The second-order valence-corrected chi connectivity index (χ2v) is 10.4. The number of hydrogen-bond acceptors (Lipinski definition) is 6. The van der Waals surface area contributed by atoms with Crippen LogP contribution >= 0.6 is 0 Å². The molecule has 2 aliphatic carbocycles. The van der Waals surface area contributed by atoms with Gasteiger partial charge in [0.25, 0.3) is 0 Å². The van der Waals surface area contributed by atoms with Gasteiger partial charge < -0.3 is 15.1 Å². The Morgan fingerprint density at radius 1 is 1.25 bits per heavy atom. The van der Waals surface area contributed by atoms with E-state index in [1.807, 2.05) is 18.2 Å². The minimum Gasteiger partial charge on any atom is -0.352 e. The molecule has 1 atom stereocenters. The minimum absolute atomic E-state index is 0.217. The van der Waals surface area contributed by atoms with Crippen LogP contribution in [-0.2, 0) is 4.79 Å². The number of hydrogen-bond donors (Lipinski definition) is 1. The molecule has 0 unspecified atom stereocenters. The SMILES string of the molecule is C=Cc1ccnc(Nc2cc(C#N)c(N3CCN(C(=O)CCCCC)[C@H](C4CC4)C3)nc2C2CC2)c1. The average Bonchev–Trinajstić information content (AvgIpc) is 3.82. The first-order chi connectivity index (χ1) is 17.6. The molecule has 3 fully saturated rings. The molecule has 0 bridgehead atoms. The van der Waals surface area contributed by atoms with Crippen LogP contribution in [0.4, 0.5) is 17.3 Å². The molecular formula is C29H36N6O. The molecule has 5 rings (SSSR count). The van der Waals surface area contributed by atoms with Crippen LogP contribution in [0.1, 0.15) is 81.0 Å². The van der Waals surface area contributed by atoms with E-state index in [0.717, 1.165) is 67.2 Å². The minimum atomic E-state index is 0.217. The Labute approximate surface area is 214 Å². The molecule has 7 heteroatoms. The van der Waals surface area contributed by atoms with Crippen LogP contribution in [0.2, 0.25) is 0 Å². The van der Waals surface area contributed by atoms with E-state index in [2.05, 4.69) is 39.7 Å². The normalized spacial score (nSPS) is 19.6. The van der Waals surface area contributed by atoms with Crippen molar-refractivity contribution in [3.63, 3.8) is 0 Å². The molecule has 1 N–H and O–H groups in total. The number of carbonyl (C=O) groups excluding carboxylic acids is 1. The summed E-state index contributed by atoms with van der Waals surface area (Å²) in [6, 6.07) is 8.40. The standard InChI is InChI=1S/C29H36N6O/c1-3-5-6-7-27(36)35-15-14-34(19-25(35)21-8-9-21)29-23(18-30)17-24(28(33-29)22-10-11-22)32-26-16-20(4-2)12-13-31-26/h4,12-13,16-17,21-22,25H,2-3,5-11,14-15,19H2,1H3,(H,31,32)/t25-/m0/s1. The van der Waals surface area contributed by atoms with Crippen molar-refractivity contribution in [2.24, 2.45) is 5.92 Å². The van der Waals surface area contributed by atoms with Crippen molar-refractivity contribution in [2.75, 3.05) is 29.9 Å². The van der Waals surface area contributed by atoms with Crippen LogP contribution in [0.5, 0.6) is 0 Å². The van der Waals surface area contributed by atoms with Gasteiger partial charge in [-0.1, -0.05) is 32.4 Å². The lowest BCUT2D eigenvalue weighted by molar-refractivity contribution is -0.134. The molecular weight excluding hydrogens is 448 g/mol. The molecule has 1 aliphatic heterocycles. The summed E-state index contributed by atoms with van der Waals surface area (Å²) in [4.78, 5) is 26.9. The Morgan fingerprint density at radius 2 is 2.08 bits per heavy atom. The van der Waals surface area contributed by atoms with Gasteiger partial charge in [-0.05, 0) is 61.8 Å². The van der Waals surface area contributed by atoms with Crippen molar-refractivity contribution in [1.29, 1.82) is 5.26 Å². The van der Waals surface area contributed by atoms with Crippen LogP contribution in [0, 0.1) is 17.2 Å². The summed E-state index contributed by atoms with van der Waals surface area (Å²) in [6.07, 6.45) is 12.0. The molecule has 1 saturated heterocycles. The van der Waals surface area contributed by atoms with Crippen LogP contribution in [0.15, 0.2) is 31.0 Å². The molecule has 7 nitrogen and oxygen atoms in total. The molecule has 2 aromatic rings. The number of anilines is 3. The number of carbonyl (C=O) groups is 1. The molecule has 1 amide bonds. The van der Waals surface area contributed by atoms with Gasteiger partial charge in [-0.15, -0.1) is 0 Å². The maximum atomic E-state index is 13.0. The molecule has 2 aromatic heterocycles. The highest BCUT2D eigenvalue weighted by atomic mass is 16.2. The monoisotopic (exact) mass is 484 g/mol. The van der Waals surface area contributed by atoms with E-state index >= 15 is 0 Å². The quantitative estimate of drug-likeness (QED) is 0.441. The predicted octanol–water partition coefficient (Wildman–Crippen LogP) is 5.62. The van der Waals surface area contributed by atoms with Gasteiger partial charge in [-0.2, -0.15) is 5.26 Å². The zero-order chi connectivity index (χ0) is 25.1. The van der Waals surface area contributed by atoms with Crippen molar-refractivity contribution in [3.05, 3.63) is 47.8 Å². The maximum Gasteiger partial charge on any atom is 0.222 e. The van der Waals surface area contributed by atoms with Gasteiger partial charge in [-0.3, -0.25) is 4.79 Å². The first-order valence-corrected chi connectivity index (χ1v) is 13.5. The lowest BCUT2D eigenvalue weighted by Crippen LogP contribution is -2.56. The number of nitriles is 1. The molecule has 0 radical (unpaired) electrons. The van der Waals surface area contributed by atoms with Crippen molar-refractivity contribution < 1.29 is 4.79 Å². The topological polar surface area (TPSA) is 85.2 Å². The number of unbranched alkanes of at least 4 members (excludes halogenated alkanes) is 2. The summed E-state index contributed by atoms with van der Waals surface area (Å²) >= 11 is 0. The van der Waals surface area contributed by atoms with Gasteiger partial charge in [0.2, 0.25) is 5.91 Å². The number of aromatic nitrogens is 2. The summed E-state index contributed by atoms with van der Waals surface area (Å²) in [7, 11) is 0. The summed E-state index contributed by atoms with van der Waals surface area (Å²) in [5.41, 5.74) is 3.42. The number of piperazine rings is 1. The second kappa shape index (κ2) is 10.7. The van der Waals surface area contributed by atoms with Crippen molar-refractivity contribution in [3.8, 4) is 6.07 Å². The smallest absolute Gasteiger partial charge is 0.222 e. The number of pyridine rings is 2. The third-order valence-corrected chi connectivity index (χ3v) is 7.60. The Bertz CT molecular complexity index is 1160. The fraction of sp³-hybridized carbons (Fsp3) is 0.517. The summed E-state index contributed by atoms with van der Waals surface area (Å²) < 4.78 is 0. The molecule has 188 valence electrons. The fourth-order valence-electron chi connectivity index (χ4n) is 5.26. The lowest BCUT2D eigenvalue weighted by atomic mass is 10.0. The third kappa shape index (κ3) is 5.38. The van der Waals surface area contributed by atoms with Gasteiger partial charge in [0.1, 0.15) is 17.7 Å². The number of nitrogens with zero attached hydrogens (tertiary/aromatic N) is 5. The van der Waals surface area contributed by atoms with E-state index < -0.39 is 0 Å². The van der Waals surface area contributed by atoms with Crippen molar-refractivity contribution in [1.82, 2.24) is 14.9 Å². The second-order valence-electron chi connectivity index (χ2n) is 10.4. The number of nitrogens with one attached hydrogen (secondary N) is 1. The third-order valence-electron chi connectivity index (χ3n) is 7.60. The van der Waals surface area contributed by atoms with Crippen molar-refractivity contribution in [2.45, 2.75) is 70.3 Å². The molecule has 3 heterocycles. The van der Waals surface area contributed by atoms with E-state index in [0.29, 0.717) is 42.8 Å². The van der Waals surface area contributed by atoms with Gasteiger partial charge in [0.05, 0.1) is 23.0 Å². The fourth-order valence-corrected chi connectivity index (χ4v) is 5.26. The zero-order valence-electron chi connectivity index (χ0n) is 21.2. The molecule has 0 spiro atoms. The zero-order valence-corrected chi connectivity index (χ0v) is 21.2. The van der Waals surface area contributed by atoms with Gasteiger partial charge in [0.15, 0.2) is 0 Å². The summed E-state index contributed by atoms with van der Waals surface area (Å²) in [6.45, 7) is 8.18. The molecule has 36 heavy (non-hydrogen) atoms. The summed E-state index contributed by atoms with van der Waals surface area (Å²) in [5, 5.41) is 13.5. The highest BCUT2D eigenvalue weighted by molar-refractivity contribution is 5.77.